The first-order valence-corrected chi connectivity index (χ1v) is 10.5. The first-order chi connectivity index (χ1) is 12.6. The molecule has 2 aliphatic heterocycles. The monoisotopic (exact) mass is 410 g/mol. The molecule has 2 saturated heterocycles. The highest BCUT2D eigenvalue weighted by atomic mass is 35.5. The molecule has 9 heteroatoms. The summed E-state index contributed by atoms with van der Waals surface area (Å²) in [5, 5.41) is 18.1. The summed E-state index contributed by atoms with van der Waals surface area (Å²) in [5.41, 5.74) is 0. The minimum atomic E-state index is -0.313. The highest BCUT2D eigenvalue weighted by Crippen LogP contribution is 2.16. The van der Waals surface area contributed by atoms with E-state index in [0.717, 1.165) is 52.4 Å². The standard InChI is InChI=1S/C17H32Cl2N4O3/c18-13-15(22-5-1-20(2-6-22)9-11-24)17(26)16(14-19)23-7-3-21(4-8-23)10-12-25/h15-16,24-25H,1-14H2. The van der Waals surface area contributed by atoms with E-state index in [1.807, 2.05) is 0 Å². The molecule has 0 aliphatic carbocycles. The number of hydrogen-bond donors (Lipinski definition) is 2. The van der Waals surface area contributed by atoms with Crippen LogP contribution in [0.2, 0.25) is 0 Å². The maximum absolute atomic E-state index is 13.2. The van der Waals surface area contributed by atoms with E-state index in [2.05, 4.69) is 19.6 Å². The maximum Gasteiger partial charge on any atom is 0.169 e. The SMILES string of the molecule is O=C(C(CCl)N1CCN(CCO)CC1)C(CCl)N1CCN(CCO)CC1. The van der Waals surface area contributed by atoms with Crippen LogP contribution in [0.4, 0.5) is 0 Å². The minimum Gasteiger partial charge on any atom is -0.395 e. The quantitative estimate of drug-likeness (QED) is 0.447. The van der Waals surface area contributed by atoms with Crippen LogP contribution in [0.1, 0.15) is 0 Å². The number of aliphatic hydroxyl groups is 2. The van der Waals surface area contributed by atoms with Crippen molar-refractivity contribution in [3.05, 3.63) is 0 Å². The predicted molar refractivity (Wildman–Crippen MR) is 104 cm³/mol. The van der Waals surface area contributed by atoms with Crippen LogP contribution in [0.25, 0.3) is 0 Å². The van der Waals surface area contributed by atoms with Crippen molar-refractivity contribution in [1.29, 1.82) is 0 Å². The summed E-state index contributed by atoms with van der Waals surface area (Å²) in [5.74, 6) is 0.661. The number of carbonyl (C=O) groups is 1. The van der Waals surface area contributed by atoms with E-state index >= 15 is 0 Å². The average Bonchev–Trinajstić information content (AvgIpc) is 2.66. The number of rotatable bonds is 10. The number of alkyl halides is 2. The molecule has 0 spiro atoms. The van der Waals surface area contributed by atoms with Gasteiger partial charge in [-0.25, -0.2) is 0 Å². The summed E-state index contributed by atoms with van der Waals surface area (Å²) >= 11 is 12.4. The van der Waals surface area contributed by atoms with Crippen molar-refractivity contribution in [3.8, 4) is 0 Å². The number of hydrogen-bond acceptors (Lipinski definition) is 7. The summed E-state index contributed by atoms with van der Waals surface area (Å²) in [6.07, 6.45) is 0. The number of ketones is 1. The summed E-state index contributed by atoms with van der Waals surface area (Å²) < 4.78 is 0. The van der Waals surface area contributed by atoms with Crippen LogP contribution in [0, 0.1) is 0 Å². The zero-order valence-corrected chi connectivity index (χ0v) is 16.9. The zero-order chi connectivity index (χ0) is 18.9. The van der Waals surface area contributed by atoms with Crippen LogP contribution in [0.5, 0.6) is 0 Å². The van der Waals surface area contributed by atoms with Gasteiger partial charge in [0, 0.05) is 77.2 Å². The third kappa shape index (κ3) is 6.01. The zero-order valence-electron chi connectivity index (χ0n) is 15.4. The molecule has 2 unspecified atom stereocenters. The first kappa shape index (κ1) is 22.3. The Morgan fingerprint density at radius 2 is 1.08 bits per heavy atom. The van der Waals surface area contributed by atoms with Gasteiger partial charge in [-0.1, -0.05) is 0 Å². The number of halogens is 2. The van der Waals surface area contributed by atoms with E-state index < -0.39 is 0 Å². The van der Waals surface area contributed by atoms with Gasteiger partial charge in [0.25, 0.3) is 0 Å². The molecule has 0 saturated carbocycles. The number of piperazine rings is 2. The van der Waals surface area contributed by atoms with Crippen molar-refractivity contribution in [3.63, 3.8) is 0 Å². The Morgan fingerprint density at radius 1 is 0.731 bits per heavy atom. The van der Waals surface area contributed by atoms with Crippen LogP contribution in [-0.2, 0) is 4.79 Å². The Hall–Kier alpha value is 0.01000. The van der Waals surface area contributed by atoms with Gasteiger partial charge in [-0.2, -0.15) is 0 Å². The van der Waals surface area contributed by atoms with Gasteiger partial charge in [0.2, 0.25) is 0 Å². The molecule has 0 bridgehead atoms. The molecule has 152 valence electrons. The van der Waals surface area contributed by atoms with E-state index in [9.17, 15) is 4.79 Å². The Labute approximate surface area is 166 Å². The van der Waals surface area contributed by atoms with E-state index in [1.54, 1.807) is 0 Å². The molecule has 26 heavy (non-hydrogen) atoms. The first-order valence-electron chi connectivity index (χ1n) is 9.44. The summed E-state index contributed by atoms with van der Waals surface area (Å²) in [4.78, 5) is 21.9. The highest BCUT2D eigenvalue weighted by molar-refractivity contribution is 6.22. The number of nitrogens with zero attached hydrogens (tertiary/aromatic N) is 4. The molecule has 0 aromatic heterocycles. The fourth-order valence-electron chi connectivity index (χ4n) is 3.81. The van der Waals surface area contributed by atoms with Gasteiger partial charge in [-0.15, -0.1) is 23.2 Å². The van der Waals surface area contributed by atoms with Gasteiger partial charge in [0.1, 0.15) is 0 Å². The van der Waals surface area contributed by atoms with Crippen molar-refractivity contribution < 1.29 is 15.0 Å². The number of carbonyl (C=O) groups excluding carboxylic acids is 1. The molecular weight excluding hydrogens is 379 g/mol. The average molecular weight is 411 g/mol. The second-order valence-corrected chi connectivity index (χ2v) is 7.56. The third-order valence-electron chi connectivity index (χ3n) is 5.48. The molecule has 0 aromatic carbocycles. The lowest BCUT2D eigenvalue weighted by molar-refractivity contribution is -0.129. The topological polar surface area (TPSA) is 70.5 Å². The molecular formula is C17H32Cl2N4O3. The lowest BCUT2D eigenvalue weighted by atomic mass is 10.0. The van der Waals surface area contributed by atoms with E-state index in [1.165, 1.54) is 0 Å². The van der Waals surface area contributed by atoms with Crippen molar-refractivity contribution in [2.45, 2.75) is 12.1 Å². The fraction of sp³-hybridized carbons (Fsp3) is 0.941. The fourth-order valence-corrected chi connectivity index (χ4v) is 4.50. The lowest BCUT2D eigenvalue weighted by Crippen LogP contribution is -2.60. The van der Waals surface area contributed by atoms with Crippen LogP contribution >= 0.6 is 23.2 Å². The maximum atomic E-state index is 13.2. The van der Waals surface area contributed by atoms with Gasteiger partial charge < -0.3 is 10.2 Å². The smallest absolute Gasteiger partial charge is 0.169 e. The van der Waals surface area contributed by atoms with Gasteiger partial charge in [-0.3, -0.25) is 24.4 Å². The van der Waals surface area contributed by atoms with Crippen LogP contribution in [-0.4, -0.2) is 138 Å². The Morgan fingerprint density at radius 3 is 1.35 bits per heavy atom. The molecule has 2 aliphatic rings. The van der Waals surface area contributed by atoms with Crippen molar-refractivity contribution in [2.75, 3.05) is 90.4 Å². The van der Waals surface area contributed by atoms with Crippen LogP contribution in [0.3, 0.4) is 0 Å². The Kier molecular flexibility index (Phi) is 10.1. The highest BCUT2D eigenvalue weighted by Gasteiger charge is 2.36. The molecule has 0 amide bonds. The minimum absolute atomic E-state index is 0.112. The summed E-state index contributed by atoms with van der Waals surface area (Å²) in [7, 11) is 0. The number of β-amino-alcohol motifs (C(OH)–C–C–N with tert-alkyl or cyclic N) is 2. The molecule has 0 aromatic rings. The Bertz CT molecular complexity index is 381. The molecule has 2 rings (SSSR count). The summed E-state index contributed by atoms with van der Waals surface area (Å²) in [6.45, 7) is 8.16. The second-order valence-electron chi connectivity index (χ2n) is 6.95. The molecule has 7 nitrogen and oxygen atoms in total. The molecule has 2 heterocycles. The third-order valence-corrected chi connectivity index (χ3v) is 6.06. The molecule has 2 atom stereocenters. The number of Topliss-reactive ketones (excluding diaryl/α,β-unsaturated/α-hetero) is 1. The predicted octanol–water partition coefficient (Wildman–Crippen LogP) is -1.01. The molecule has 2 N–H and O–H groups in total. The van der Waals surface area contributed by atoms with Crippen molar-refractivity contribution in [2.24, 2.45) is 0 Å². The van der Waals surface area contributed by atoms with E-state index in [-0.39, 0.29) is 42.8 Å². The van der Waals surface area contributed by atoms with Crippen molar-refractivity contribution in [1.82, 2.24) is 19.6 Å². The Balaban J connectivity index is 1.91. The largest absolute Gasteiger partial charge is 0.395 e. The van der Waals surface area contributed by atoms with Gasteiger partial charge in [-0.05, 0) is 0 Å². The van der Waals surface area contributed by atoms with Crippen molar-refractivity contribution >= 4 is 29.0 Å². The normalized spacial score (nSPS) is 23.8. The van der Waals surface area contributed by atoms with Gasteiger partial charge >= 0.3 is 0 Å². The van der Waals surface area contributed by atoms with E-state index in [0.29, 0.717) is 13.1 Å². The lowest BCUT2D eigenvalue weighted by Gasteiger charge is -2.42. The van der Waals surface area contributed by atoms with Gasteiger partial charge in [0.15, 0.2) is 5.78 Å². The molecule has 0 radical (unpaired) electrons. The van der Waals surface area contributed by atoms with Gasteiger partial charge in [0.05, 0.1) is 25.3 Å². The van der Waals surface area contributed by atoms with Crippen LogP contribution < -0.4 is 0 Å². The molecule has 2 fully saturated rings. The second kappa shape index (κ2) is 11.8. The number of aliphatic hydroxyl groups excluding tert-OH is 2. The van der Waals surface area contributed by atoms with E-state index in [4.69, 9.17) is 33.4 Å². The summed E-state index contributed by atoms with van der Waals surface area (Å²) in [6, 6.07) is -0.626. The van der Waals surface area contributed by atoms with Crippen LogP contribution in [0.15, 0.2) is 0 Å².